The Morgan fingerprint density at radius 3 is 2.64 bits per heavy atom. The predicted octanol–water partition coefficient (Wildman–Crippen LogP) is 1.86. The first-order chi connectivity index (χ1) is 5.18. The van der Waals surface area contributed by atoms with Gasteiger partial charge in [-0.05, 0) is 24.0 Å². The first kappa shape index (κ1) is 8.05. The van der Waals surface area contributed by atoms with Crippen molar-refractivity contribution in [2.45, 2.75) is 20.3 Å². The molecule has 0 saturated carbocycles. The zero-order valence-electron chi connectivity index (χ0n) is 7.04. The predicted molar refractivity (Wildman–Crippen MR) is 47.2 cm³/mol. The van der Waals surface area contributed by atoms with Gasteiger partial charge < -0.3 is 5.73 Å². The molecular weight excluding hydrogens is 136 g/mol. The minimum absolute atomic E-state index is 0.595. The van der Waals surface area contributed by atoms with Crippen molar-refractivity contribution in [2.24, 2.45) is 5.92 Å². The summed E-state index contributed by atoms with van der Waals surface area (Å²) in [5.74, 6) is 1.28. The number of nitrogens with zero attached hydrogens (tertiary/aromatic N) is 1. The lowest BCUT2D eigenvalue weighted by molar-refractivity contribution is 0.646. The highest BCUT2D eigenvalue weighted by molar-refractivity contribution is 5.29. The van der Waals surface area contributed by atoms with Crippen molar-refractivity contribution in [3.05, 3.63) is 23.9 Å². The molecule has 0 saturated heterocycles. The SMILES string of the molecule is CC(C)Cc1ccc(N)nc1. The summed E-state index contributed by atoms with van der Waals surface area (Å²) in [6.45, 7) is 4.38. The third-order valence-corrected chi connectivity index (χ3v) is 1.49. The summed E-state index contributed by atoms with van der Waals surface area (Å²) in [7, 11) is 0. The maximum absolute atomic E-state index is 5.45. The van der Waals surface area contributed by atoms with E-state index in [2.05, 4.69) is 18.8 Å². The normalized spacial score (nSPS) is 10.5. The Bertz CT molecular complexity index is 214. The molecule has 0 unspecified atom stereocenters. The average molecular weight is 150 g/mol. The number of aromatic nitrogens is 1. The van der Waals surface area contributed by atoms with E-state index in [4.69, 9.17) is 5.73 Å². The lowest BCUT2D eigenvalue weighted by Gasteiger charge is -2.03. The standard InChI is InChI=1S/C9H14N2/c1-7(2)5-8-3-4-9(10)11-6-8/h3-4,6-7H,5H2,1-2H3,(H2,10,11). The molecular formula is C9H14N2. The van der Waals surface area contributed by atoms with Gasteiger partial charge in [-0.15, -0.1) is 0 Å². The fraction of sp³-hybridized carbons (Fsp3) is 0.444. The Kier molecular flexibility index (Phi) is 2.47. The van der Waals surface area contributed by atoms with Gasteiger partial charge in [-0.1, -0.05) is 19.9 Å². The Balaban J connectivity index is 2.66. The van der Waals surface area contributed by atoms with Crippen LogP contribution in [0, 0.1) is 5.92 Å². The van der Waals surface area contributed by atoms with Crippen molar-refractivity contribution in [1.29, 1.82) is 0 Å². The van der Waals surface area contributed by atoms with Crippen LogP contribution >= 0.6 is 0 Å². The molecule has 11 heavy (non-hydrogen) atoms. The van der Waals surface area contributed by atoms with Gasteiger partial charge in [0.15, 0.2) is 0 Å². The number of nitrogens with two attached hydrogens (primary N) is 1. The molecule has 1 heterocycles. The van der Waals surface area contributed by atoms with Crippen LogP contribution in [0.4, 0.5) is 5.82 Å². The molecule has 60 valence electrons. The molecule has 0 bridgehead atoms. The molecule has 1 aromatic heterocycles. The van der Waals surface area contributed by atoms with Gasteiger partial charge in [0, 0.05) is 6.20 Å². The maximum Gasteiger partial charge on any atom is 0.123 e. The maximum atomic E-state index is 5.45. The summed E-state index contributed by atoms with van der Waals surface area (Å²) in [5.41, 5.74) is 6.70. The van der Waals surface area contributed by atoms with Gasteiger partial charge in [0.1, 0.15) is 5.82 Å². The van der Waals surface area contributed by atoms with Crippen molar-refractivity contribution in [1.82, 2.24) is 4.98 Å². The monoisotopic (exact) mass is 150 g/mol. The van der Waals surface area contributed by atoms with Crippen molar-refractivity contribution >= 4 is 5.82 Å². The number of anilines is 1. The van der Waals surface area contributed by atoms with Crippen molar-refractivity contribution < 1.29 is 0 Å². The van der Waals surface area contributed by atoms with E-state index in [1.54, 1.807) is 0 Å². The number of pyridine rings is 1. The third kappa shape index (κ3) is 2.58. The summed E-state index contributed by atoms with van der Waals surface area (Å²) in [4.78, 5) is 4.01. The summed E-state index contributed by atoms with van der Waals surface area (Å²) in [6, 6.07) is 3.88. The Morgan fingerprint density at radius 1 is 1.45 bits per heavy atom. The zero-order valence-corrected chi connectivity index (χ0v) is 7.04. The highest BCUT2D eigenvalue weighted by Gasteiger charge is 1.96. The van der Waals surface area contributed by atoms with E-state index in [1.165, 1.54) is 5.56 Å². The highest BCUT2D eigenvalue weighted by Crippen LogP contribution is 2.07. The fourth-order valence-electron chi connectivity index (χ4n) is 1.03. The number of hydrogen-bond acceptors (Lipinski definition) is 2. The fourth-order valence-corrected chi connectivity index (χ4v) is 1.03. The van der Waals surface area contributed by atoms with Crippen LogP contribution in [0.5, 0.6) is 0 Å². The molecule has 0 aliphatic carbocycles. The minimum Gasteiger partial charge on any atom is -0.384 e. The van der Waals surface area contributed by atoms with Crippen molar-refractivity contribution in [3.63, 3.8) is 0 Å². The van der Waals surface area contributed by atoms with E-state index >= 15 is 0 Å². The molecule has 0 fully saturated rings. The largest absolute Gasteiger partial charge is 0.384 e. The molecule has 1 rings (SSSR count). The van der Waals surface area contributed by atoms with Crippen molar-refractivity contribution in [2.75, 3.05) is 5.73 Å². The second-order valence-electron chi connectivity index (χ2n) is 3.19. The van der Waals surface area contributed by atoms with Gasteiger partial charge in [-0.25, -0.2) is 4.98 Å². The third-order valence-electron chi connectivity index (χ3n) is 1.49. The smallest absolute Gasteiger partial charge is 0.123 e. The molecule has 0 aromatic carbocycles. The molecule has 0 spiro atoms. The Morgan fingerprint density at radius 2 is 2.18 bits per heavy atom. The minimum atomic E-state index is 0.595. The summed E-state index contributed by atoms with van der Waals surface area (Å²) >= 11 is 0. The van der Waals surface area contributed by atoms with Crippen LogP contribution in [0.3, 0.4) is 0 Å². The number of hydrogen-bond donors (Lipinski definition) is 1. The first-order valence-corrected chi connectivity index (χ1v) is 3.89. The van der Waals surface area contributed by atoms with Gasteiger partial charge in [0.25, 0.3) is 0 Å². The van der Waals surface area contributed by atoms with Crippen LogP contribution in [0.25, 0.3) is 0 Å². The van der Waals surface area contributed by atoms with E-state index in [9.17, 15) is 0 Å². The van der Waals surface area contributed by atoms with Gasteiger partial charge >= 0.3 is 0 Å². The van der Waals surface area contributed by atoms with Gasteiger partial charge in [0.05, 0.1) is 0 Å². The van der Waals surface area contributed by atoms with Crippen LogP contribution in [0.1, 0.15) is 19.4 Å². The van der Waals surface area contributed by atoms with Gasteiger partial charge in [0.2, 0.25) is 0 Å². The highest BCUT2D eigenvalue weighted by atomic mass is 14.8. The molecule has 0 aliphatic heterocycles. The van der Waals surface area contributed by atoms with Crippen LogP contribution in [-0.4, -0.2) is 4.98 Å². The van der Waals surface area contributed by atoms with E-state index < -0.39 is 0 Å². The lowest BCUT2D eigenvalue weighted by atomic mass is 10.1. The molecule has 0 aliphatic rings. The average Bonchev–Trinajstić information content (AvgIpc) is 1.93. The lowest BCUT2D eigenvalue weighted by Crippen LogP contribution is -1.96. The summed E-state index contributed by atoms with van der Waals surface area (Å²) < 4.78 is 0. The van der Waals surface area contributed by atoms with E-state index in [0.29, 0.717) is 11.7 Å². The second kappa shape index (κ2) is 3.37. The van der Waals surface area contributed by atoms with E-state index in [0.717, 1.165) is 6.42 Å². The van der Waals surface area contributed by atoms with Crippen LogP contribution in [0.15, 0.2) is 18.3 Å². The number of rotatable bonds is 2. The van der Waals surface area contributed by atoms with Gasteiger partial charge in [-0.3, -0.25) is 0 Å². The van der Waals surface area contributed by atoms with Crippen LogP contribution < -0.4 is 5.73 Å². The molecule has 0 amide bonds. The van der Waals surface area contributed by atoms with Crippen LogP contribution in [-0.2, 0) is 6.42 Å². The van der Waals surface area contributed by atoms with Crippen LogP contribution in [0.2, 0.25) is 0 Å². The zero-order chi connectivity index (χ0) is 8.27. The molecule has 0 radical (unpaired) electrons. The van der Waals surface area contributed by atoms with Gasteiger partial charge in [-0.2, -0.15) is 0 Å². The quantitative estimate of drug-likeness (QED) is 0.699. The van der Waals surface area contributed by atoms with E-state index in [-0.39, 0.29) is 0 Å². The molecule has 2 N–H and O–H groups in total. The molecule has 2 nitrogen and oxygen atoms in total. The molecule has 2 heteroatoms. The second-order valence-corrected chi connectivity index (χ2v) is 3.19. The summed E-state index contributed by atoms with van der Waals surface area (Å²) in [5, 5.41) is 0. The Labute approximate surface area is 67.5 Å². The van der Waals surface area contributed by atoms with E-state index in [1.807, 2.05) is 18.3 Å². The number of nitrogen functional groups attached to an aromatic ring is 1. The van der Waals surface area contributed by atoms with Crippen molar-refractivity contribution in [3.8, 4) is 0 Å². The summed E-state index contributed by atoms with van der Waals surface area (Å²) in [6.07, 6.45) is 2.92. The topological polar surface area (TPSA) is 38.9 Å². The molecule has 1 aromatic rings. The first-order valence-electron chi connectivity index (χ1n) is 3.89. The molecule has 0 atom stereocenters. The Hall–Kier alpha value is -1.05.